The number of aliphatic hydroxyl groups excluding tert-OH is 1. The van der Waals surface area contributed by atoms with E-state index in [1.54, 1.807) is 0 Å². The van der Waals surface area contributed by atoms with E-state index in [2.05, 4.69) is 12.2 Å². The second kappa shape index (κ2) is 4.81. The number of hydrogen-bond acceptors (Lipinski definition) is 3. The van der Waals surface area contributed by atoms with E-state index in [1.807, 2.05) is 12.1 Å². The fourth-order valence-corrected chi connectivity index (χ4v) is 2.24. The third-order valence-electron chi connectivity index (χ3n) is 3.13. The predicted molar refractivity (Wildman–Crippen MR) is 58.3 cm³/mol. The van der Waals surface area contributed by atoms with Crippen LogP contribution in [0, 0.1) is 5.92 Å². The van der Waals surface area contributed by atoms with Gasteiger partial charge in [-0.25, -0.2) is 0 Å². The molecule has 1 aliphatic carbocycles. The molecule has 0 aromatic carbocycles. The maximum absolute atomic E-state index is 8.85. The first-order chi connectivity index (χ1) is 7.28. The van der Waals surface area contributed by atoms with Crippen LogP contribution in [0.1, 0.15) is 37.7 Å². The highest BCUT2D eigenvalue weighted by molar-refractivity contribution is 5.06. The summed E-state index contributed by atoms with van der Waals surface area (Å²) in [6.07, 6.45) is 3.88. The van der Waals surface area contributed by atoms with Gasteiger partial charge in [-0.05, 0) is 37.3 Å². The zero-order chi connectivity index (χ0) is 10.7. The van der Waals surface area contributed by atoms with Crippen molar-refractivity contribution in [3.8, 4) is 0 Å². The lowest BCUT2D eigenvalue weighted by Crippen LogP contribution is -2.25. The minimum absolute atomic E-state index is 0.0134. The first-order valence-electron chi connectivity index (χ1n) is 5.69. The van der Waals surface area contributed by atoms with E-state index >= 15 is 0 Å². The van der Waals surface area contributed by atoms with Crippen LogP contribution in [-0.2, 0) is 13.2 Å². The first-order valence-corrected chi connectivity index (χ1v) is 5.69. The molecule has 1 aliphatic rings. The van der Waals surface area contributed by atoms with Gasteiger partial charge in [0, 0.05) is 6.04 Å². The van der Waals surface area contributed by atoms with Crippen LogP contribution in [0.3, 0.4) is 0 Å². The third-order valence-corrected chi connectivity index (χ3v) is 3.13. The number of rotatable bonds is 4. The first kappa shape index (κ1) is 10.7. The van der Waals surface area contributed by atoms with E-state index in [-0.39, 0.29) is 6.61 Å². The molecule has 1 aromatic rings. The number of nitrogens with one attached hydrogen (secondary N) is 1. The van der Waals surface area contributed by atoms with Crippen molar-refractivity contribution in [1.29, 1.82) is 0 Å². The minimum Gasteiger partial charge on any atom is -0.462 e. The molecule has 2 atom stereocenters. The Morgan fingerprint density at radius 2 is 2.20 bits per heavy atom. The summed E-state index contributed by atoms with van der Waals surface area (Å²) in [5.74, 6) is 2.41. The highest BCUT2D eigenvalue weighted by Gasteiger charge is 2.20. The van der Waals surface area contributed by atoms with Gasteiger partial charge < -0.3 is 14.8 Å². The van der Waals surface area contributed by atoms with E-state index < -0.39 is 0 Å². The number of hydrogen-bond donors (Lipinski definition) is 2. The highest BCUT2D eigenvalue weighted by atomic mass is 16.4. The smallest absolute Gasteiger partial charge is 0.129 e. The lowest BCUT2D eigenvalue weighted by Gasteiger charge is -2.10. The molecule has 1 heterocycles. The van der Waals surface area contributed by atoms with Crippen molar-refractivity contribution in [3.63, 3.8) is 0 Å². The highest BCUT2D eigenvalue weighted by Crippen LogP contribution is 2.24. The minimum atomic E-state index is -0.0134. The normalized spacial score (nSPS) is 26.0. The van der Waals surface area contributed by atoms with Crippen molar-refractivity contribution in [3.05, 3.63) is 23.7 Å². The van der Waals surface area contributed by atoms with Crippen LogP contribution in [0.4, 0.5) is 0 Å². The fraction of sp³-hybridized carbons (Fsp3) is 0.667. The molecular formula is C12H19NO2. The molecule has 0 aliphatic heterocycles. The molecule has 0 amide bonds. The zero-order valence-corrected chi connectivity index (χ0v) is 9.20. The Kier molecular flexibility index (Phi) is 3.44. The molecule has 2 N–H and O–H groups in total. The molecule has 84 valence electrons. The fourth-order valence-electron chi connectivity index (χ4n) is 2.24. The van der Waals surface area contributed by atoms with Crippen LogP contribution in [-0.4, -0.2) is 11.1 Å². The molecular weight excluding hydrogens is 190 g/mol. The van der Waals surface area contributed by atoms with Crippen molar-refractivity contribution >= 4 is 0 Å². The van der Waals surface area contributed by atoms with E-state index in [4.69, 9.17) is 9.52 Å². The van der Waals surface area contributed by atoms with Gasteiger partial charge in [0.15, 0.2) is 0 Å². The molecule has 0 bridgehead atoms. The van der Waals surface area contributed by atoms with Gasteiger partial charge in [0.05, 0.1) is 6.54 Å². The molecule has 1 aromatic heterocycles. The van der Waals surface area contributed by atoms with Gasteiger partial charge in [0.2, 0.25) is 0 Å². The molecule has 1 fully saturated rings. The lowest BCUT2D eigenvalue weighted by atomic mass is 10.1. The Morgan fingerprint density at radius 3 is 2.80 bits per heavy atom. The molecule has 1 saturated carbocycles. The summed E-state index contributed by atoms with van der Waals surface area (Å²) in [6.45, 7) is 3.07. The largest absolute Gasteiger partial charge is 0.462 e. The summed E-state index contributed by atoms with van der Waals surface area (Å²) in [5.41, 5.74) is 0. The summed E-state index contributed by atoms with van der Waals surface area (Å²) < 4.78 is 5.41. The average Bonchev–Trinajstić information content (AvgIpc) is 2.83. The summed E-state index contributed by atoms with van der Waals surface area (Å²) >= 11 is 0. The monoisotopic (exact) mass is 209 g/mol. The van der Waals surface area contributed by atoms with Crippen LogP contribution in [0.2, 0.25) is 0 Å². The second-order valence-corrected chi connectivity index (χ2v) is 4.52. The van der Waals surface area contributed by atoms with Crippen LogP contribution >= 0.6 is 0 Å². The van der Waals surface area contributed by atoms with Gasteiger partial charge in [0.1, 0.15) is 18.1 Å². The standard InChI is InChI=1S/C12H19NO2/c1-9-2-3-10(6-9)13-7-11-4-5-12(8-14)15-11/h4-5,9-10,13-14H,2-3,6-8H2,1H3. The van der Waals surface area contributed by atoms with Crippen LogP contribution in [0.15, 0.2) is 16.5 Å². The Labute approximate surface area is 90.5 Å². The van der Waals surface area contributed by atoms with Crippen LogP contribution in [0.25, 0.3) is 0 Å². The molecule has 0 spiro atoms. The predicted octanol–water partition coefficient (Wildman–Crippen LogP) is 2.05. The van der Waals surface area contributed by atoms with Gasteiger partial charge >= 0.3 is 0 Å². The maximum Gasteiger partial charge on any atom is 0.129 e. The van der Waals surface area contributed by atoms with Crippen molar-refractivity contribution in [1.82, 2.24) is 5.32 Å². The van der Waals surface area contributed by atoms with Crippen molar-refractivity contribution < 1.29 is 9.52 Å². The zero-order valence-electron chi connectivity index (χ0n) is 9.20. The Morgan fingerprint density at radius 1 is 1.40 bits per heavy atom. The van der Waals surface area contributed by atoms with Crippen molar-refractivity contribution in [2.24, 2.45) is 5.92 Å². The summed E-state index contributed by atoms with van der Waals surface area (Å²) in [7, 11) is 0. The number of aliphatic hydroxyl groups is 1. The van der Waals surface area contributed by atoms with Crippen molar-refractivity contribution in [2.75, 3.05) is 0 Å². The Hall–Kier alpha value is -0.800. The lowest BCUT2D eigenvalue weighted by molar-refractivity contribution is 0.242. The van der Waals surface area contributed by atoms with E-state index in [0.717, 1.165) is 18.2 Å². The number of furan rings is 1. The summed E-state index contributed by atoms with van der Waals surface area (Å²) in [5, 5.41) is 12.3. The molecule has 0 radical (unpaired) electrons. The SMILES string of the molecule is CC1CCC(NCc2ccc(CO)o2)C1. The average molecular weight is 209 g/mol. The maximum atomic E-state index is 8.85. The quantitative estimate of drug-likeness (QED) is 0.797. The molecule has 0 saturated heterocycles. The Balaban J connectivity index is 1.77. The van der Waals surface area contributed by atoms with Gasteiger partial charge in [-0.2, -0.15) is 0 Å². The topological polar surface area (TPSA) is 45.4 Å². The van der Waals surface area contributed by atoms with Gasteiger partial charge in [0.25, 0.3) is 0 Å². The van der Waals surface area contributed by atoms with E-state index in [9.17, 15) is 0 Å². The summed E-state index contributed by atoms with van der Waals surface area (Å²) in [6, 6.07) is 4.40. The van der Waals surface area contributed by atoms with E-state index in [0.29, 0.717) is 11.8 Å². The third kappa shape index (κ3) is 2.83. The molecule has 3 heteroatoms. The van der Waals surface area contributed by atoms with Gasteiger partial charge in [-0.15, -0.1) is 0 Å². The van der Waals surface area contributed by atoms with Gasteiger partial charge in [-0.1, -0.05) is 6.92 Å². The summed E-state index contributed by atoms with van der Waals surface area (Å²) in [4.78, 5) is 0. The molecule has 3 nitrogen and oxygen atoms in total. The molecule has 2 unspecified atom stereocenters. The van der Waals surface area contributed by atoms with Crippen LogP contribution in [0.5, 0.6) is 0 Å². The second-order valence-electron chi connectivity index (χ2n) is 4.52. The van der Waals surface area contributed by atoms with E-state index in [1.165, 1.54) is 19.3 Å². The van der Waals surface area contributed by atoms with Gasteiger partial charge in [-0.3, -0.25) is 0 Å². The van der Waals surface area contributed by atoms with Crippen molar-refractivity contribution in [2.45, 2.75) is 45.4 Å². The van der Waals surface area contributed by atoms with Crippen LogP contribution < -0.4 is 5.32 Å². The Bertz CT molecular complexity index is 308. The molecule has 15 heavy (non-hydrogen) atoms. The molecule has 2 rings (SSSR count).